The van der Waals surface area contributed by atoms with Crippen molar-refractivity contribution >= 4 is 32.4 Å². The molecule has 152 valence electrons. The van der Waals surface area contributed by atoms with E-state index in [9.17, 15) is 13.2 Å². The second kappa shape index (κ2) is 8.71. The number of anilines is 1. The van der Waals surface area contributed by atoms with E-state index in [0.29, 0.717) is 30.6 Å². The Hall–Kier alpha value is -2.77. The molecule has 2 aromatic carbocycles. The molecule has 0 aliphatic rings. The third kappa shape index (κ3) is 5.40. The van der Waals surface area contributed by atoms with Gasteiger partial charge in [-0.3, -0.25) is 14.5 Å². The summed E-state index contributed by atoms with van der Waals surface area (Å²) in [7, 11) is -0.00378. The molecule has 0 aliphatic carbocycles. The lowest BCUT2D eigenvalue weighted by molar-refractivity contribution is -0.119. The first-order valence-corrected chi connectivity index (χ1v) is 10.9. The Morgan fingerprint density at radius 3 is 2.45 bits per heavy atom. The molecular weight excluding hydrogens is 386 g/mol. The molecule has 1 heterocycles. The SMILES string of the molecule is Cc1ccc(S(=O)(=O)Nc2cccc3ccc(CCC(=O)CN(C)C)nc23)cc1. The van der Waals surface area contributed by atoms with Crippen molar-refractivity contribution in [3.8, 4) is 0 Å². The highest BCUT2D eigenvalue weighted by Crippen LogP contribution is 2.25. The number of nitrogens with one attached hydrogen (secondary N) is 1. The van der Waals surface area contributed by atoms with Gasteiger partial charge < -0.3 is 4.90 Å². The number of benzene rings is 2. The van der Waals surface area contributed by atoms with Crippen LogP contribution in [0.25, 0.3) is 10.9 Å². The maximum Gasteiger partial charge on any atom is 0.261 e. The fourth-order valence-corrected chi connectivity index (χ4v) is 4.10. The van der Waals surface area contributed by atoms with Crippen molar-refractivity contribution < 1.29 is 13.2 Å². The van der Waals surface area contributed by atoms with Crippen molar-refractivity contribution in [1.82, 2.24) is 9.88 Å². The molecule has 0 fully saturated rings. The molecule has 0 bridgehead atoms. The van der Waals surface area contributed by atoms with Gasteiger partial charge in [0.2, 0.25) is 0 Å². The molecule has 6 nitrogen and oxygen atoms in total. The molecule has 0 aliphatic heterocycles. The number of sulfonamides is 1. The van der Waals surface area contributed by atoms with Crippen molar-refractivity contribution in [2.24, 2.45) is 0 Å². The number of fused-ring (bicyclic) bond motifs is 1. The molecular formula is C22H25N3O3S. The number of hydrogen-bond acceptors (Lipinski definition) is 5. The first-order valence-electron chi connectivity index (χ1n) is 9.39. The first-order chi connectivity index (χ1) is 13.7. The number of aromatic nitrogens is 1. The Morgan fingerprint density at radius 2 is 1.76 bits per heavy atom. The topological polar surface area (TPSA) is 79.4 Å². The van der Waals surface area contributed by atoms with Crippen LogP contribution >= 0.6 is 0 Å². The van der Waals surface area contributed by atoms with Crippen LogP contribution in [0.5, 0.6) is 0 Å². The van der Waals surface area contributed by atoms with Gasteiger partial charge in [-0.25, -0.2) is 8.42 Å². The van der Waals surface area contributed by atoms with Crippen molar-refractivity contribution in [3.63, 3.8) is 0 Å². The number of pyridine rings is 1. The standard InChI is InChI=1S/C22H25N3O3S/c1-16-7-13-20(14-8-16)29(27,28)24-21-6-4-5-17-9-10-18(23-22(17)21)11-12-19(26)15-25(2)3/h4-10,13-14,24H,11-12,15H2,1-3H3. The molecule has 3 aromatic rings. The quantitative estimate of drug-likeness (QED) is 0.614. The van der Waals surface area contributed by atoms with Gasteiger partial charge in [-0.1, -0.05) is 35.9 Å². The summed E-state index contributed by atoms with van der Waals surface area (Å²) in [5.41, 5.74) is 2.74. The number of hydrogen-bond donors (Lipinski definition) is 1. The van der Waals surface area contributed by atoms with Gasteiger partial charge >= 0.3 is 0 Å². The summed E-state index contributed by atoms with van der Waals surface area (Å²) < 4.78 is 28.2. The molecule has 0 atom stereocenters. The molecule has 7 heteroatoms. The highest BCUT2D eigenvalue weighted by molar-refractivity contribution is 7.92. The Balaban J connectivity index is 1.86. The average Bonchev–Trinajstić information content (AvgIpc) is 2.66. The minimum Gasteiger partial charge on any atom is -0.302 e. The zero-order chi connectivity index (χ0) is 21.0. The van der Waals surface area contributed by atoms with Crippen LogP contribution in [0, 0.1) is 6.92 Å². The average molecular weight is 412 g/mol. The summed E-state index contributed by atoms with van der Waals surface area (Å²) in [6, 6.07) is 15.8. The summed E-state index contributed by atoms with van der Waals surface area (Å²) in [5, 5.41) is 0.831. The minimum atomic E-state index is -3.72. The molecule has 1 N–H and O–H groups in total. The number of likely N-dealkylation sites (N-methyl/N-ethyl adjacent to an activating group) is 1. The zero-order valence-corrected chi connectivity index (χ0v) is 17.7. The van der Waals surface area contributed by atoms with Gasteiger partial charge in [0.1, 0.15) is 5.78 Å². The Morgan fingerprint density at radius 1 is 1.03 bits per heavy atom. The fraction of sp³-hybridized carbons (Fsp3) is 0.273. The highest BCUT2D eigenvalue weighted by atomic mass is 32.2. The molecule has 0 amide bonds. The third-order valence-electron chi connectivity index (χ3n) is 4.51. The molecule has 1 aromatic heterocycles. The van der Waals surface area contributed by atoms with Gasteiger partial charge in [0.05, 0.1) is 22.6 Å². The summed E-state index contributed by atoms with van der Waals surface area (Å²) in [5.74, 6) is 0.144. The number of carbonyl (C=O) groups excluding carboxylic acids is 1. The van der Waals surface area contributed by atoms with E-state index in [2.05, 4.69) is 9.71 Å². The summed E-state index contributed by atoms with van der Waals surface area (Å²) >= 11 is 0. The molecule has 0 spiro atoms. The summed E-state index contributed by atoms with van der Waals surface area (Å²) in [6.45, 7) is 2.30. The summed E-state index contributed by atoms with van der Waals surface area (Å²) in [6.07, 6.45) is 0.912. The van der Waals surface area contributed by atoms with E-state index in [1.807, 2.05) is 44.1 Å². The molecule has 29 heavy (non-hydrogen) atoms. The number of ketones is 1. The lowest BCUT2D eigenvalue weighted by Crippen LogP contribution is -2.21. The maximum absolute atomic E-state index is 12.8. The van der Waals surface area contributed by atoms with Gasteiger partial charge in [-0.15, -0.1) is 0 Å². The fourth-order valence-electron chi connectivity index (χ4n) is 3.03. The first kappa shape index (κ1) is 21.0. The smallest absolute Gasteiger partial charge is 0.261 e. The number of carbonyl (C=O) groups is 1. The van der Waals surface area contributed by atoms with Crippen molar-refractivity contribution in [2.75, 3.05) is 25.4 Å². The number of Topliss-reactive ketones (excluding diaryl/α,β-unsaturated/α-hetero) is 1. The van der Waals surface area contributed by atoms with Crippen molar-refractivity contribution in [1.29, 1.82) is 0 Å². The van der Waals surface area contributed by atoms with Crippen LogP contribution in [0.15, 0.2) is 59.5 Å². The monoisotopic (exact) mass is 411 g/mol. The molecule has 0 saturated carbocycles. The van der Waals surface area contributed by atoms with Crippen LogP contribution in [-0.4, -0.2) is 44.7 Å². The zero-order valence-electron chi connectivity index (χ0n) is 16.8. The predicted molar refractivity (Wildman–Crippen MR) is 116 cm³/mol. The Kier molecular flexibility index (Phi) is 6.30. The van der Waals surface area contributed by atoms with Crippen LogP contribution in [0.4, 0.5) is 5.69 Å². The number of rotatable bonds is 8. The molecule has 3 rings (SSSR count). The van der Waals surface area contributed by atoms with Crippen LogP contribution in [-0.2, 0) is 21.2 Å². The second-order valence-corrected chi connectivity index (χ2v) is 9.06. The molecule has 0 saturated heterocycles. The molecule has 0 radical (unpaired) electrons. The Labute approximate surface area is 171 Å². The van der Waals surface area contributed by atoms with Crippen LogP contribution < -0.4 is 4.72 Å². The Bertz CT molecular complexity index is 1120. The normalized spacial score (nSPS) is 11.7. The van der Waals surface area contributed by atoms with Gasteiger partial charge in [0.25, 0.3) is 10.0 Å². The van der Waals surface area contributed by atoms with E-state index in [1.54, 1.807) is 36.4 Å². The largest absolute Gasteiger partial charge is 0.302 e. The van der Waals surface area contributed by atoms with E-state index in [0.717, 1.165) is 16.6 Å². The van der Waals surface area contributed by atoms with E-state index in [-0.39, 0.29) is 10.7 Å². The van der Waals surface area contributed by atoms with Gasteiger partial charge in [-0.2, -0.15) is 0 Å². The van der Waals surface area contributed by atoms with Crippen molar-refractivity contribution in [3.05, 3.63) is 65.9 Å². The number of para-hydroxylation sites is 1. The van der Waals surface area contributed by atoms with Crippen molar-refractivity contribution in [2.45, 2.75) is 24.7 Å². The van der Waals surface area contributed by atoms with Gasteiger partial charge in [0, 0.05) is 17.5 Å². The predicted octanol–water partition coefficient (Wildman–Crippen LogP) is 3.41. The maximum atomic E-state index is 12.8. The van der Waals surface area contributed by atoms with E-state index < -0.39 is 10.0 Å². The van der Waals surface area contributed by atoms with Gasteiger partial charge in [0.15, 0.2) is 0 Å². The third-order valence-corrected chi connectivity index (χ3v) is 5.89. The second-order valence-electron chi connectivity index (χ2n) is 7.37. The van der Waals surface area contributed by atoms with Crippen LogP contribution in [0.1, 0.15) is 17.7 Å². The minimum absolute atomic E-state index is 0.144. The van der Waals surface area contributed by atoms with E-state index in [4.69, 9.17) is 0 Å². The van der Waals surface area contributed by atoms with Crippen LogP contribution in [0.3, 0.4) is 0 Å². The lowest BCUT2D eigenvalue weighted by atomic mass is 10.1. The number of nitrogens with zero attached hydrogens (tertiary/aromatic N) is 2. The van der Waals surface area contributed by atoms with Crippen LogP contribution in [0.2, 0.25) is 0 Å². The lowest BCUT2D eigenvalue weighted by Gasteiger charge is -2.12. The summed E-state index contributed by atoms with van der Waals surface area (Å²) in [4.78, 5) is 18.6. The molecule has 0 unspecified atom stereocenters. The highest BCUT2D eigenvalue weighted by Gasteiger charge is 2.16. The van der Waals surface area contributed by atoms with Gasteiger partial charge in [-0.05, 0) is 51.7 Å². The van der Waals surface area contributed by atoms with E-state index >= 15 is 0 Å². The van der Waals surface area contributed by atoms with E-state index in [1.165, 1.54) is 0 Å². The number of aryl methyl sites for hydroxylation is 2.